The molecule has 0 spiro atoms. The molecule has 1 atom stereocenters. The lowest BCUT2D eigenvalue weighted by molar-refractivity contribution is -0.137. The number of carbonyl (C=O) groups is 1. The van der Waals surface area contributed by atoms with Gasteiger partial charge in [-0.05, 0) is 54.8 Å². The average Bonchev–Trinajstić information content (AvgIpc) is 3.27. The highest BCUT2D eigenvalue weighted by Crippen LogP contribution is 2.31. The average molecular weight is 468 g/mol. The third kappa shape index (κ3) is 6.18. The standard InChI is InChI=1S/C22H26FNO7S/c1-28-15-22(25)24(14-18-4-3-11-30-18)13-16-5-10-20(29-2)21(12-16)31-32(26,27)19-8-6-17(23)7-9-19/h5-10,12,18H,3-4,11,13-15H2,1-2H3/t18-/m0/s1. The van der Waals surface area contributed by atoms with Crippen LogP contribution < -0.4 is 8.92 Å². The van der Waals surface area contributed by atoms with Crippen LogP contribution in [-0.2, 0) is 30.9 Å². The van der Waals surface area contributed by atoms with E-state index in [-0.39, 0.29) is 41.6 Å². The molecule has 2 aromatic carbocycles. The fraction of sp³-hybridized carbons (Fsp3) is 0.409. The molecule has 1 aliphatic rings. The third-order valence-corrected chi connectivity index (χ3v) is 6.22. The molecule has 0 unspecified atom stereocenters. The molecular formula is C22H26FNO7S. The van der Waals surface area contributed by atoms with Gasteiger partial charge in [-0.3, -0.25) is 4.79 Å². The third-order valence-electron chi connectivity index (χ3n) is 4.97. The molecule has 32 heavy (non-hydrogen) atoms. The summed E-state index contributed by atoms with van der Waals surface area (Å²) in [4.78, 5) is 14.0. The summed E-state index contributed by atoms with van der Waals surface area (Å²) < 4.78 is 59.6. The molecular weight excluding hydrogens is 441 g/mol. The minimum Gasteiger partial charge on any atom is -0.493 e. The van der Waals surface area contributed by atoms with Gasteiger partial charge in [-0.1, -0.05) is 6.07 Å². The first kappa shape index (κ1) is 24.0. The van der Waals surface area contributed by atoms with E-state index in [0.29, 0.717) is 18.7 Å². The maximum absolute atomic E-state index is 13.2. The highest BCUT2D eigenvalue weighted by molar-refractivity contribution is 7.87. The van der Waals surface area contributed by atoms with E-state index in [9.17, 15) is 17.6 Å². The van der Waals surface area contributed by atoms with Crippen LogP contribution in [0.5, 0.6) is 11.5 Å². The highest BCUT2D eigenvalue weighted by Gasteiger charge is 2.24. The monoisotopic (exact) mass is 467 g/mol. The lowest BCUT2D eigenvalue weighted by Crippen LogP contribution is -2.38. The number of benzene rings is 2. The zero-order valence-corrected chi connectivity index (χ0v) is 18.8. The van der Waals surface area contributed by atoms with Crippen LogP contribution in [0, 0.1) is 5.82 Å². The van der Waals surface area contributed by atoms with E-state index in [1.54, 1.807) is 17.0 Å². The van der Waals surface area contributed by atoms with Crippen LogP contribution in [0.2, 0.25) is 0 Å². The predicted octanol–water partition coefficient (Wildman–Crippen LogP) is 2.76. The van der Waals surface area contributed by atoms with Gasteiger partial charge in [-0.25, -0.2) is 4.39 Å². The van der Waals surface area contributed by atoms with Gasteiger partial charge in [0.15, 0.2) is 11.5 Å². The van der Waals surface area contributed by atoms with Crippen molar-refractivity contribution >= 4 is 16.0 Å². The van der Waals surface area contributed by atoms with Crippen molar-refractivity contribution in [1.29, 1.82) is 0 Å². The van der Waals surface area contributed by atoms with Crippen molar-refractivity contribution in [3.8, 4) is 11.5 Å². The van der Waals surface area contributed by atoms with Crippen molar-refractivity contribution in [3.05, 3.63) is 53.8 Å². The van der Waals surface area contributed by atoms with Crippen LogP contribution in [0.1, 0.15) is 18.4 Å². The van der Waals surface area contributed by atoms with Crippen molar-refractivity contribution < 1.29 is 36.0 Å². The Kier molecular flexibility index (Phi) is 8.05. The zero-order valence-electron chi connectivity index (χ0n) is 18.0. The van der Waals surface area contributed by atoms with E-state index < -0.39 is 15.9 Å². The van der Waals surface area contributed by atoms with Gasteiger partial charge in [0.25, 0.3) is 0 Å². The summed E-state index contributed by atoms with van der Waals surface area (Å²) in [5, 5.41) is 0. The van der Waals surface area contributed by atoms with Gasteiger partial charge < -0.3 is 23.3 Å². The van der Waals surface area contributed by atoms with Gasteiger partial charge in [0.2, 0.25) is 5.91 Å². The van der Waals surface area contributed by atoms with Crippen LogP contribution >= 0.6 is 0 Å². The van der Waals surface area contributed by atoms with E-state index >= 15 is 0 Å². The van der Waals surface area contributed by atoms with Crippen molar-refractivity contribution in [2.75, 3.05) is 34.0 Å². The van der Waals surface area contributed by atoms with Crippen LogP contribution in [0.15, 0.2) is 47.4 Å². The summed E-state index contributed by atoms with van der Waals surface area (Å²) in [6.45, 7) is 1.20. The lowest BCUT2D eigenvalue weighted by atomic mass is 10.1. The maximum atomic E-state index is 13.2. The predicted molar refractivity (Wildman–Crippen MR) is 113 cm³/mol. The summed E-state index contributed by atoms with van der Waals surface area (Å²) in [5.74, 6) is -0.602. The quantitative estimate of drug-likeness (QED) is 0.496. The summed E-state index contributed by atoms with van der Waals surface area (Å²) >= 11 is 0. The first-order valence-electron chi connectivity index (χ1n) is 10.1. The number of methoxy groups -OCH3 is 2. The second-order valence-electron chi connectivity index (χ2n) is 7.32. The zero-order chi connectivity index (χ0) is 23.1. The Morgan fingerprint density at radius 2 is 1.91 bits per heavy atom. The Morgan fingerprint density at radius 3 is 2.53 bits per heavy atom. The van der Waals surface area contributed by atoms with Gasteiger partial charge in [0, 0.05) is 26.8 Å². The van der Waals surface area contributed by atoms with Gasteiger partial charge in [0.05, 0.1) is 13.2 Å². The van der Waals surface area contributed by atoms with Crippen LogP contribution in [0.4, 0.5) is 4.39 Å². The molecule has 0 aromatic heterocycles. The first-order chi connectivity index (χ1) is 15.3. The van der Waals surface area contributed by atoms with E-state index in [1.165, 1.54) is 20.3 Å². The van der Waals surface area contributed by atoms with Crippen molar-refractivity contribution in [3.63, 3.8) is 0 Å². The lowest BCUT2D eigenvalue weighted by Gasteiger charge is -2.25. The van der Waals surface area contributed by atoms with Crippen molar-refractivity contribution in [2.24, 2.45) is 0 Å². The fourth-order valence-electron chi connectivity index (χ4n) is 3.38. The molecule has 1 fully saturated rings. The molecule has 174 valence electrons. The minimum absolute atomic E-state index is 0.0365. The number of amides is 1. The Hall–Kier alpha value is -2.69. The SMILES string of the molecule is COCC(=O)N(Cc1ccc(OC)c(OS(=O)(=O)c2ccc(F)cc2)c1)C[C@@H]1CCCO1. The van der Waals surface area contributed by atoms with E-state index in [4.69, 9.17) is 18.4 Å². The van der Waals surface area contributed by atoms with E-state index in [1.807, 2.05) is 0 Å². The largest absolute Gasteiger partial charge is 0.493 e. The van der Waals surface area contributed by atoms with Crippen LogP contribution in [-0.4, -0.2) is 59.3 Å². The Morgan fingerprint density at radius 1 is 1.16 bits per heavy atom. The molecule has 1 amide bonds. The van der Waals surface area contributed by atoms with Gasteiger partial charge in [-0.15, -0.1) is 0 Å². The number of halogens is 1. The van der Waals surface area contributed by atoms with Crippen molar-refractivity contribution in [2.45, 2.75) is 30.4 Å². The van der Waals surface area contributed by atoms with Crippen LogP contribution in [0.3, 0.4) is 0 Å². The van der Waals surface area contributed by atoms with E-state index in [0.717, 1.165) is 37.1 Å². The number of carbonyl (C=O) groups excluding carboxylic acids is 1. The van der Waals surface area contributed by atoms with E-state index in [2.05, 4.69) is 0 Å². The number of ether oxygens (including phenoxy) is 3. The molecule has 0 radical (unpaired) electrons. The Labute approximate surface area is 187 Å². The molecule has 2 aromatic rings. The fourth-order valence-corrected chi connectivity index (χ4v) is 4.31. The molecule has 3 rings (SSSR count). The molecule has 8 nitrogen and oxygen atoms in total. The van der Waals surface area contributed by atoms with Gasteiger partial charge in [0.1, 0.15) is 17.3 Å². The number of rotatable bonds is 10. The summed E-state index contributed by atoms with van der Waals surface area (Å²) in [7, 11) is -1.39. The Bertz CT molecular complexity index is 1020. The first-order valence-corrected chi connectivity index (χ1v) is 11.5. The minimum atomic E-state index is -4.22. The highest BCUT2D eigenvalue weighted by atomic mass is 32.2. The second kappa shape index (κ2) is 10.8. The summed E-state index contributed by atoms with van der Waals surface area (Å²) in [5.41, 5.74) is 0.637. The molecule has 1 saturated heterocycles. The number of hydrogen-bond acceptors (Lipinski definition) is 7. The molecule has 0 N–H and O–H groups in total. The molecule has 1 heterocycles. The molecule has 1 aliphatic heterocycles. The second-order valence-corrected chi connectivity index (χ2v) is 8.87. The van der Waals surface area contributed by atoms with Crippen molar-refractivity contribution in [1.82, 2.24) is 4.90 Å². The maximum Gasteiger partial charge on any atom is 0.339 e. The molecule has 0 saturated carbocycles. The topological polar surface area (TPSA) is 91.4 Å². The normalized spacial score (nSPS) is 16.0. The number of nitrogens with zero attached hydrogens (tertiary/aromatic N) is 1. The van der Waals surface area contributed by atoms with Crippen LogP contribution in [0.25, 0.3) is 0 Å². The summed E-state index contributed by atoms with van der Waals surface area (Å²) in [6.07, 6.45) is 1.76. The molecule has 10 heteroatoms. The summed E-state index contributed by atoms with van der Waals surface area (Å²) in [6, 6.07) is 9.10. The van der Waals surface area contributed by atoms with Gasteiger partial charge in [-0.2, -0.15) is 8.42 Å². The molecule has 0 bridgehead atoms. The Balaban J connectivity index is 1.83. The molecule has 0 aliphatic carbocycles. The smallest absolute Gasteiger partial charge is 0.339 e. The van der Waals surface area contributed by atoms with Gasteiger partial charge >= 0.3 is 10.1 Å². The number of hydrogen-bond donors (Lipinski definition) is 0.